The summed E-state index contributed by atoms with van der Waals surface area (Å²) in [5.74, 6) is -0.501. The number of hydrogen-bond donors (Lipinski definition) is 1. The minimum atomic E-state index is -1.08. The number of amides is 2. The van der Waals surface area contributed by atoms with Crippen molar-refractivity contribution in [1.82, 2.24) is 35.1 Å². The second-order valence-corrected chi connectivity index (χ2v) is 11.3. The van der Waals surface area contributed by atoms with Crippen LogP contribution in [0.3, 0.4) is 0 Å². The lowest BCUT2D eigenvalue weighted by Gasteiger charge is -2.35. The fourth-order valence-electron chi connectivity index (χ4n) is 5.73. The van der Waals surface area contributed by atoms with Gasteiger partial charge in [-0.3, -0.25) is 14.6 Å². The smallest absolute Gasteiger partial charge is 0.272 e. The number of aryl methyl sites for hydroxylation is 1. The first-order valence-corrected chi connectivity index (χ1v) is 14.4. The minimum absolute atomic E-state index is 0.106. The van der Waals surface area contributed by atoms with E-state index in [0.717, 1.165) is 5.56 Å². The van der Waals surface area contributed by atoms with Gasteiger partial charge in [-0.25, -0.2) is 13.8 Å². The molecule has 3 atom stereocenters. The van der Waals surface area contributed by atoms with Gasteiger partial charge in [0, 0.05) is 30.5 Å². The maximum absolute atomic E-state index is 13.7. The summed E-state index contributed by atoms with van der Waals surface area (Å²) < 4.78 is 32.8. The first-order valence-electron chi connectivity index (χ1n) is 14.4. The molecule has 13 heteroatoms. The number of alkyl halides is 1. The number of anilines is 1. The van der Waals surface area contributed by atoms with Crippen molar-refractivity contribution >= 4 is 28.6 Å². The van der Waals surface area contributed by atoms with E-state index < -0.39 is 12.1 Å². The van der Waals surface area contributed by atoms with Gasteiger partial charge in [0.25, 0.3) is 5.91 Å². The molecular formula is C31H28F2N8O3. The highest BCUT2D eigenvalue weighted by atomic mass is 19.1. The van der Waals surface area contributed by atoms with Crippen LogP contribution in [0.25, 0.3) is 22.6 Å². The average molecular weight is 599 g/mol. The van der Waals surface area contributed by atoms with Crippen molar-refractivity contribution in [3.63, 3.8) is 0 Å². The summed E-state index contributed by atoms with van der Waals surface area (Å²) in [5, 5.41) is 15.4. The molecule has 0 bridgehead atoms. The van der Waals surface area contributed by atoms with Gasteiger partial charge in [-0.05, 0) is 85.3 Å². The number of carbonyl (C=O) groups excluding carboxylic acids is 2. The molecule has 1 saturated heterocycles. The first kappa shape index (κ1) is 27.7. The summed E-state index contributed by atoms with van der Waals surface area (Å²) in [7, 11) is 0. The molecule has 7 rings (SSSR count). The summed E-state index contributed by atoms with van der Waals surface area (Å²) in [6.45, 7) is 2.77. The number of pyridine rings is 1. The van der Waals surface area contributed by atoms with Crippen LogP contribution in [0.1, 0.15) is 47.2 Å². The van der Waals surface area contributed by atoms with Crippen molar-refractivity contribution in [2.24, 2.45) is 11.8 Å². The van der Waals surface area contributed by atoms with Crippen LogP contribution >= 0.6 is 0 Å². The monoisotopic (exact) mass is 598 g/mol. The fraction of sp³-hybridized carbons (Fsp3) is 0.323. The van der Waals surface area contributed by atoms with E-state index in [4.69, 9.17) is 4.42 Å². The molecule has 0 radical (unpaired) electrons. The van der Waals surface area contributed by atoms with E-state index in [1.54, 1.807) is 65.3 Å². The number of rotatable bonds is 7. The molecular weight excluding hydrogens is 570 g/mol. The van der Waals surface area contributed by atoms with Gasteiger partial charge in [-0.15, -0.1) is 10.2 Å². The molecule has 1 unspecified atom stereocenters. The van der Waals surface area contributed by atoms with Gasteiger partial charge >= 0.3 is 0 Å². The quantitative estimate of drug-likeness (QED) is 0.284. The van der Waals surface area contributed by atoms with Crippen LogP contribution in [0.2, 0.25) is 0 Å². The number of carbonyl (C=O) groups is 2. The average Bonchev–Trinajstić information content (AvgIpc) is 3.40. The highest BCUT2D eigenvalue weighted by Crippen LogP contribution is 2.36. The van der Waals surface area contributed by atoms with E-state index in [2.05, 4.69) is 30.7 Å². The molecule has 2 aromatic carbocycles. The molecule has 2 amide bonds. The second-order valence-electron chi connectivity index (χ2n) is 11.3. The third-order valence-corrected chi connectivity index (χ3v) is 8.19. The van der Waals surface area contributed by atoms with Crippen molar-refractivity contribution in [1.29, 1.82) is 0 Å². The minimum Gasteiger partial charge on any atom is -0.436 e. The summed E-state index contributed by atoms with van der Waals surface area (Å²) in [5.41, 5.74) is 3.27. The van der Waals surface area contributed by atoms with Crippen LogP contribution in [-0.2, 0) is 4.79 Å². The number of fused-ring (bicyclic) bond motifs is 1. The number of hydrogen-bond acceptors (Lipinski definition) is 8. The van der Waals surface area contributed by atoms with Gasteiger partial charge in [0.2, 0.25) is 11.8 Å². The largest absolute Gasteiger partial charge is 0.436 e. The Kier molecular flexibility index (Phi) is 7.07. The van der Waals surface area contributed by atoms with Gasteiger partial charge in [-0.1, -0.05) is 12.1 Å². The lowest BCUT2D eigenvalue weighted by Crippen LogP contribution is -2.41. The second kappa shape index (κ2) is 11.2. The number of likely N-dealkylation sites (tertiary alicyclic amines) is 1. The van der Waals surface area contributed by atoms with Crippen molar-refractivity contribution < 1.29 is 22.8 Å². The molecule has 2 aliphatic rings. The summed E-state index contributed by atoms with van der Waals surface area (Å²) >= 11 is 0. The molecule has 2 fully saturated rings. The van der Waals surface area contributed by atoms with Gasteiger partial charge in [0.15, 0.2) is 11.4 Å². The van der Waals surface area contributed by atoms with E-state index in [0.29, 0.717) is 60.0 Å². The number of nitrogens with one attached hydrogen (secondary N) is 1. The maximum atomic E-state index is 13.7. The Morgan fingerprint density at radius 1 is 1.07 bits per heavy atom. The third-order valence-electron chi connectivity index (χ3n) is 8.19. The number of aromatic nitrogens is 6. The van der Waals surface area contributed by atoms with E-state index in [9.17, 15) is 18.4 Å². The van der Waals surface area contributed by atoms with Crippen molar-refractivity contribution in [3.8, 4) is 11.5 Å². The Morgan fingerprint density at radius 2 is 1.84 bits per heavy atom. The first-order chi connectivity index (χ1) is 21.3. The van der Waals surface area contributed by atoms with Crippen LogP contribution in [0.5, 0.6) is 0 Å². The number of oxazole rings is 1. The van der Waals surface area contributed by atoms with Crippen molar-refractivity contribution in [2.75, 3.05) is 18.4 Å². The fourth-order valence-corrected chi connectivity index (χ4v) is 5.73. The number of piperidine rings is 1. The van der Waals surface area contributed by atoms with Crippen molar-refractivity contribution in [3.05, 3.63) is 83.7 Å². The van der Waals surface area contributed by atoms with Gasteiger partial charge < -0.3 is 14.6 Å². The molecule has 224 valence electrons. The number of halogens is 2. The van der Waals surface area contributed by atoms with Gasteiger partial charge in [0.1, 0.15) is 29.2 Å². The Hall–Kier alpha value is -5.07. The normalized spacial score (nSPS) is 19.2. The Labute approximate surface area is 250 Å². The summed E-state index contributed by atoms with van der Waals surface area (Å²) in [6, 6.07) is 14.5. The van der Waals surface area contributed by atoms with E-state index in [-0.39, 0.29) is 41.7 Å². The molecule has 3 aromatic heterocycles. The molecule has 1 aliphatic carbocycles. The molecule has 5 aromatic rings. The molecule has 1 N–H and O–H groups in total. The van der Waals surface area contributed by atoms with Crippen molar-refractivity contribution in [2.45, 2.75) is 38.4 Å². The molecule has 1 aliphatic heterocycles. The van der Waals surface area contributed by atoms with Crippen LogP contribution in [0.4, 0.5) is 14.5 Å². The van der Waals surface area contributed by atoms with Gasteiger partial charge in [-0.2, -0.15) is 4.80 Å². The number of tetrazole rings is 1. The Morgan fingerprint density at radius 3 is 2.55 bits per heavy atom. The third kappa shape index (κ3) is 5.52. The van der Waals surface area contributed by atoms with Crippen LogP contribution in [0.15, 0.2) is 65.2 Å². The Balaban J connectivity index is 1.05. The number of benzene rings is 2. The molecule has 11 nitrogen and oxygen atoms in total. The predicted molar refractivity (Wildman–Crippen MR) is 155 cm³/mol. The lowest BCUT2D eigenvalue weighted by molar-refractivity contribution is -0.117. The van der Waals surface area contributed by atoms with Gasteiger partial charge in [0.05, 0.1) is 5.92 Å². The highest BCUT2D eigenvalue weighted by molar-refractivity contribution is 5.96. The SMILES string of the molecule is Cc1nnn([C@H](c2ccc(F)cc2)C2CCN(C(=O)c3cc(-c4nc5cc(NC(=O)C6C[C@@H]6F)ccc5o4)ccn3)CC2)n1. The maximum Gasteiger partial charge on any atom is 0.272 e. The molecule has 44 heavy (non-hydrogen) atoms. The van der Waals surface area contributed by atoms with Crippen LogP contribution < -0.4 is 5.32 Å². The summed E-state index contributed by atoms with van der Waals surface area (Å²) in [6.07, 6.45) is 2.09. The molecule has 4 heterocycles. The predicted octanol–water partition coefficient (Wildman–Crippen LogP) is 4.76. The topological polar surface area (TPSA) is 132 Å². The Bertz CT molecular complexity index is 1850. The lowest BCUT2D eigenvalue weighted by atomic mass is 9.85. The van der Waals surface area contributed by atoms with E-state index in [1.807, 2.05) is 0 Å². The zero-order valence-corrected chi connectivity index (χ0v) is 23.7. The molecule has 0 spiro atoms. The summed E-state index contributed by atoms with van der Waals surface area (Å²) in [4.78, 5) is 37.8. The van der Waals surface area contributed by atoms with Crippen LogP contribution in [-0.4, -0.2) is 66.2 Å². The number of nitrogens with zero attached hydrogens (tertiary/aromatic N) is 7. The standard InChI is InChI=1S/C31H28F2N8O3/c1-17-37-39-41(38-17)28(18-2-4-21(32)5-3-18)19-9-12-40(13-10-19)31(43)26-14-20(8-11-34-26)30-36-25-15-22(6-7-27(25)44-30)35-29(42)23-16-24(23)33/h2-8,11,14-15,19,23-24,28H,9-10,12-13,16H2,1H3,(H,35,42)/t23?,24-,28+/m0/s1. The highest BCUT2D eigenvalue weighted by Gasteiger charge is 2.43. The molecule has 1 saturated carbocycles. The zero-order valence-electron chi connectivity index (χ0n) is 23.7. The van der Waals surface area contributed by atoms with Crippen LogP contribution in [0, 0.1) is 24.6 Å². The van der Waals surface area contributed by atoms with E-state index in [1.165, 1.54) is 12.1 Å². The van der Waals surface area contributed by atoms with E-state index >= 15 is 0 Å². The zero-order chi connectivity index (χ0) is 30.4.